The van der Waals surface area contributed by atoms with E-state index in [2.05, 4.69) is 35.1 Å². The Bertz CT molecular complexity index is 1430. The second-order valence-corrected chi connectivity index (χ2v) is 7.21. The molecule has 1 N–H and O–H groups in total. The lowest BCUT2D eigenvalue weighted by Crippen LogP contribution is -2.41. The van der Waals surface area contributed by atoms with Crippen molar-refractivity contribution in [1.82, 2.24) is 45.0 Å². The third-order valence-electron chi connectivity index (χ3n) is 5.33. The zero-order valence-corrected chi connectivity index (χ0v) is 16.6. The number of imidazole rings is 1. The largest absolute Gasteiger partial charge is 0.411 e. The highest BCUT2D eigenvalue weighted by molar-refractivity contribution is 5.90. The summed E-state index contributed by atoms with van der Waals surface area (Å²) in [6.45, 7) is 0.414. The van der Waals surface area contributed by atoms with Gasteiger partial charge in [-0.3, -0.25) is 9.78 Å². The summed E-state index contributed by atoms with van der Waals surface area (Å²) >= 11 is 0. The monoisotopic (exact) mass is 425 g/mol. The molecule has 0 spiro atoms. The van der Waals surface area contributed by atoms with Gasteiger partial charge in [0.2, 0.25) is 0 Å². The van der Waals surface area contributed by atoms with Gasteiger partial charge in [-0.15, -0.1) is 10.2 Å². The maximum atomic E-state index is 13.4. The SMILES string of the molecule is O=C(c1nnc(-c2cnccn2)o1)N1CCc2[nH]cnc2[C@@H]1c1ncc2ccccc2n1. The van der Waals surface area contributed by atoms with Gasteiger partial charge in [-0.1, -0.05) is 18.2 Å². The molecule has 0 fully saturated rings. The Balaban J connectivity index is 1.40. The molecule has 156 valence electrons. The first-order valence-electron chi connectivity index (χ1n) is 9.92. The zero-order valence-electron chi connectivity index (χ0n) is 16.6. The molecule has 0 saturated heterocycles. The molecule has 11 nitrogen and oxygen atoms in total. The van der Waals surface area contributed by atoms with Crippen LogP contribution in [0.4, 0.5) is 0 Å². The summed E-state index contributed by atoms with van der Waals surface area (Å²) in [5.41, 5.74) is 2.83. The number of carbonyl (C=O) groups is 1. The van der Waals surface area contributed by atoms with Crippen molar-refractivity contribution >= 4 is 16.8 Å². The van der Waals surface area contributed by atoms with E-state index >= 15 is 0 Å². The first-order chi connectivity index (χ1) is 15.8. The summed E-state index contributed by atoms with van der Waals surface area (Å²) in [5, 5.41) is 8.81. The minimum absolute atomic E-state index is 0.123. The van der Waals surface area contributed by atoms with Crippen molar-refractivity contribution < 1.29 is 9.21 Å². The molecule has 1 aromatic carbocycles. The van der Waals surface area contributed by atoms with Gasteiger partial charge in [-0.05, 0) is 6.07 Å². The highest BCUT2D eigenvalue weighted by Gasteiger charge is 2.38. The number of rotatable bonds is 3. The van der Waals surface area contributed by atoms with Gasteiger partial charge in [-0.25, -0.2) is 19.9 Å². The van der Waals surface area contributed by atoms with Gasteiger partial charge in [0, 0.05) is 42.6 Å². The molecule has 0 unspecified atom stereocenters. The van der Waals surface area contributed by atoms with Crippen LogP contribution in [-0.2, 0) is 6.42 Å². The second-order valence-electron chi connectivity index (χ2n) is 7.21. The topological polar surface area (TPSA) is 139 Å². The summed E-state index contributed by atoms with van der Waals surface area (Å²) in [7, 11) is 0. The van der Waals surface area contributed by atoms with Crippen molar-refractivity contribution in [3.05, 3.63) is 78.5 Å². The molecule has 0 aliphatic carbocycles. The lowest BCUT2D eigenvalue weighted by molar-refractivity contribution is 0.0643. The number of benzene rings is 1. The van der Waals surface area contributed by atoms with Crippen molar-refractivity contribution in [2.75, 3.05) is 6.54 Å². The molecule has 5 heterocycles. The molecule has 1 aliphatic rings. The van der Waals surface area contributed by atoms with Crippen LogP contribution < -0.4 is 0 Å². The van der Waals surface area contributed by atoms with E-state index in [1.807, 2.05) is 24.3 Å². The minimum atomic E-state index is -0.589. The summed E-state index contributed by atoms with van der Waals surface area (Å²) in [5.74, 6) is 0.0228. The van der Waals surface area contributed by atoms with E-state index in [0.29, 0.717) is 30.2 Å². The smallest absolute Gasteiger partial charge is 0.312 e. The molecule has 6 rings (SSSR count). The Morgan fingerprint density at radius 1 is 1.09 bits per heavy atom. The molecular formula is C21H15N9O2. The fraction of sp³-hybridized carbons (Fsp3) is 0.143. The van der Waals surface area contributed by atoms with Crippen molar-refractivity contribution in [1.29, 1.82) is 0 Å². The van der Waals surface area contributed by atoms with E-state index in [-0.39, 0.29) is 11.8 Å². The summed E-state index contributed by atoms with van der Waals surface area (Å²) in [6.07, 6.45) is 8.51. The van der Waals surface area contributed by atoms with E-state index < -0.39 is 11.9 Å². The molecule has 4 aromatic heterocycles. The van der Waals surface area contributed by atoms with Crippen LogP contribution in [0.5, 0.6) is 0 Å². The summed E-state index contributed by atoms with van der Waals surface area (Å²) < 4.78 is 5.62. The van der Waals surface area contributed by atoms with Crippen LogP contribution in [0.3, 0.4) is 0 Å². The third-order valence-corrected chi connectivity index (χ3v) is 5.33. The number of H-pyrrole nitrogens is 1. The standard InChI is InChI=1S/C21H15N9O2/c31-21(20-29-28-19(32-20)15-10-22-6-7-23-15)30-8-5-14-16(26-11-25-14)17(30)18-24-9-12-3-1-2-4-13(12)27-18/h1-4,6-7,9-11,17H,5,8H2,(H,25,26)/t17-/m1/s1. The van der Waals surface area contributed by atoms with Crippen LogP contribution in [0, 0.1) is 0 Å². The number of fused-ring (bicyclic) bond motifs is 2. The number of aromatic amines is 1. The van der Waals surface area contributed by atoms with Crippen LogP contribution >= 0.6 is 0 Å². The van der Waals surface area contributed by atoms with Crippen LogP contribution in [-0.4, -0.2) is 57.5 Å². The van der Waals surface area contributed by atoms with Crippen molar-refractivity contribution in [3.63, 3.8) is 0 Å². The summed E-state index contributed by atoms with van der Waals surface area (Å²) in [6, 6.07) is 7.10. The minimum Gasteiger partial charge on any atom is -0.411 e. The van der Waals surface area contributed by atoms with Crippen molar-refractivity contribution in [3.8, 4) is 11.6 Å². The molecule has 1 aliphatic heterocycles. The number of hydrogen-bond acceptors (Lipinski definition) is 9. The fourth-order valence-electron chi connectivity index (χ4n) is 3.82. The molecule has 0 bridgehead atoms. The number of hydrogen-bond donors (Lipinski definition) is 1. The lowest BCUT2D eigenvalue weighted by atomic mass is 10.0. The third kappa shape index (κ3) is 2.98. The Kier molecular flexibility index (Phi) is 4.16. The van der Waals surface area contributed by atoms with E-state index in [4.69, 9.17) is 9.40 Å². The average molecular weight is 425 g/mol. The van der Waals surface area contributed by atoms with Gasteiger partial charge in [0.15, 0.2) is 5.82 Å². The van der Waals surface area contributed by atoms with Gasteiger partial charge in [0.05, 0.1) is 23.7 Å². The molecule has 1 amide bonds. The maximum absolute atomic E-state index is 13.4. The first kappa shape index (κ1) is 18.2. The highest BCUT2D eigenvalue weighted by atomic mass is 16.4. The predicted octanol–water partition coefficient (Wildman–Crippen LogP) is 1.98. The molecule has 11 heteroatoms. The number of amides is 1. The molecular weight excluding hydrogens is 410 g/mol. The molecule has 5 aromatic rings. The fourth-order valence-corrected chi connectivity index (χ4v) is 3.82. The normalized spacial score (nSPS) is 15.6. The Labute approximate surface area is 180 Å². The van der Waals surface area contributed by atoms with Crippen molar-refractivity contribution in [2.45, 2.75) is 12.5 Å². The zero-order chi connectivity index (χ0) is 21.5. The predicted molar refractivity (Wildman–Crippen MR) is 110 cm³/mol. The van der Waals surface area contributed by atoms with E-state index in [1.54, 1.807) is 17.4 Å². The van der Waals surface area contributed by atoms with Crippen LogP contribution in [0.1, 0.15) is 33.9 Å². The van der Waals surface area contributed by atoms with Crippen LogP contribution in [0.15, 0.2) is 59.8 Å². The second kappa shape index (κ2) is 7.30. The number of para-hydroxylation sites is 1. The average Bonchev–Trinajstić information content (AvgIpc) is 3.53. The summed E-state index contributed by atoms with van der Waals surface area (Å²) in [4.78, 5) is 40.0. The quantitative estimate of drug-likeness (QED) is 0.459. The van der Waals surface area contributed by atoms with E-state index in [1.165, 1.54) is 18.6 Å². The molecule has 0 saturated carbocycles. The molecule has 1 atom stereocenters. The maximum Gasteiger partial charge on any atom is 0.312 e. The Hall–Kier alpha value is -4.54. The molecule has 32 heavy (non-hydrogen) atoms. The van der Waals surface area contributed by atoms with Crippen molar-refractivity contribution in [2.24, 2.45) is 0 Å². The number of nitrogens with zero attached hydrogens (tertiary/aromatic N) is 8. The van der Waals surface area contributed by atoms with Gasteiger partial charge in [0.1, 0.15) is 11.7 Å². The Morgan fingerprint density at radius 3 is 2.94 bits per heavy atom. The number of nitrogens with one attached hydrogen (secondary N) is 1. The number of carbonyl (C=O) groups excluding carboxylic acids is 1. The first-order valence-corrected chi connectivity index (χ1v) is 9.92. The van der Waals surface area contributed by atoms with Gasteiger partial charge in [-0.2, -0.15) is 0 Å². The van der Waals surface area contributed by atoms with E-state index in [9.17, 15) is 4.79 Å². The van der Waals surface area contributed by atoms with Gasteiger partial charge < -0.3 is 14.3 Å². The molecule has 0 radical (unpaired) electrons. The van der Waals surface area contributed by atoms with Crippen LogP contribution in [0.25, 0.3) is 22.5 Å². The van der Waals surface area contributed by atoms with Gasteiger partial charge in [0.25, 0.3) is 5.89 Å². The number of aromatic nitrogens is 8. The van der Waals surface area contributed by atoms with E-state index in [0.717, 1.165) is 16.6 Å². The lowest BCUT2D eigenvalue weighted by Gasteiger charge is -2.32. The van der Waals surface area contributed by atoms with Crippen LogP contribution in [0.2, 0.25) is 0 Å². The Morgan fingerprint density at radius 2 is 2.03 bits per heavy atom. The highest BCUT2D eigenvalue weighted by Crippen LogP contribution is 2.33. The van der Waals surface area contributed by atoms with Gasteiger partial charge >= 0.3 is 11.8 Å².